The number of nitriles is 1. The number of nitrogens with zero attached hydrogens (tertiary/aromatic N) is 2. The highest BCUT2D eigenvalue weighted by molar-refractivity contribution is 7.17. The van der Waals surface area contributed by atoms with Gasteiger partial charge in [0.2, 0.25) is 0 Å². The molecule has 0 bridgehead atoms. The monoisotopic (exact) mass is 320 g/mol. The Morgan fingerprint density at radius 2 is 1.87 bits per heavy atom. The minimum absolute atomic E-state index is 0.429. The number of aromatic nitrogens is 1. The van der Waals surface area contributed by atoms with Crippen LogP contribution in [0.2, 0.25) is 0 Å². The van der Waals surface area contributed by atoms with E-state index in [2.05, 4.69) is 11.1 Å². The standard InChI is InChI=1S/C18H12N2O2S/c1-22-18(21)16-15(14-9-5-6-12(10-14)11-19)20-17(23-16)13-7-3-2-4-8-13/h2-10H,1H3. The Hall–Kier alpha value is -2.97. The summed E-state index contributed by atoms with van der Waals surface area (Å²) >= 11 is 1.29. The van der Waals surface area contributed by atoms with Crippen molar-refractivity contribution in [2.75, 3.05) is 7.11 Å². The Labute approximate surface area is 137 Å². The van der Waals surface area contributed by atoms with Gasteiger partial charge in [-0.05, 0) is 12.1 Å². The van der Waals surface area contributed by atoms with Crippen LogP contribution in [0.15, 0.2) is 54.6 Å². The molecular formula is C18H12N2O2S. The molecule has 3 rings (SSSR count). The van der Waals surface area contributed by atoms with Gasteiger partial charge in [-0.2, -0.15) is 5.26 Å². The molecule has 5 heteroatoms. The maximum atomic E-state index is 12.1. The molecule has 0 aliphatic rings. The zero-order chi connectivity index (χ0) is 16.2. The summed E-state index contributed by atoms with van der Waals surface area (Å²) in [7, 11) is 1.35. The predicted octanol–water partition coefficient (Wildman–Crippen LogP) is 4.14. The van der Waals surface area contributed by atoms with Crippen molar-refractivity contribution in [3.63, 3.8) is 0 Å². The third-order valence-electron chi connectivity index (χ3n) is 3.28. The number of carbonyl (C=O) groups is 1. The summed E-state index contributed by atoms with van der Waals surface area (Å²) in [5.74, 6) is -0.429. The van der Waals surface area contributed by atoms with E-state index in [-0.39, 0.29) is 0 Å². The van der Waals surface area contributed by atoms with Gasteiger partial charge in [0.15, 0.2) is 0 Å². The number of rotatable bonds is 3. The molecule has 0 fully saturated rings. The number of benzene rings is 2. The van der Waals surface area contributed by atoms with E-state index < -0.39 is 5.97 Å². The molecule has 1 aromatic heterocycles. The molecule has 0 aliphatic carbocycles. The molecule has 0 saturated carbocycles. The van der Waals surface area contributed by atoms with Crippen molar-refractivity contribution in [2.24, 2.45) is 0 Å². The lowest BCUT2D eigenvalue weighted by atomic mass is 10.1. The van der Waals surface area contributed by atoms with Crippen LogP contribution < -0.4 is 0 Å². The van der Waals surface area contributed by atoms with Crippen molar-refractivity contribution >= 4 is 17.3 Å². The fraction of sp³-hybridized carbons (Fsp3) is 0.0556. The first kappa shape index (κ1) is 14.9. The van der Waals surface area contributed by atoms with Crippen LogP contribution in [0.1, 0.15) is 15.2 Å². The van der Waals surface area contributed by atoms with E-state index >= 15 is 0 Å². The van der Waals surface area contributed by atoms with Gasteiger partial charge in [-0.1, -0.05) is 42.5 Å². The van der Waals surface area contributed by atoms with Gasteiger partial charge in [0, 0.05) is 11.1 Å². The number of carbonyl (C=O) groups excluding carboxylic acids is 1. The van der Waals surface area contributed by atoms with Crippen molar-refractivity contribution in [2.45, 2.75) is 0 Å². The van der Waals surface area contributed by atoms with Gasteiger partial charge in [0.05, 0.1) is 24.4 Å². The highest BCUT2D eigenvalue weighted by atomic mass is 32.1. The average Bonchev–Trinajstić information content (AvgIpc) is 3.07. The van der Waals surface area contributed by atoms with Crippen LogP contribution in [0.4, 0.5) is 0 Å². The predicted molar refractivity (Wildman–Crippen MR) is 89.0 cm³/mol. The number of ether oxygens (including phenoxy) is 1. The van der Waals surface area contributed by atoms with Crippen LogP contribution in [-0.2, 0) is 4.74 Å². The molecule has 2 aromatic carbocycles. The number of hydrogen-bond acceptors (Lipinski definition) is 5. The Balaban J connectivity index is 2.17. The molecule has 0 aliphatic heterocycles. The molecular weight excluding hydrogens is 308 g/mol. The Kier molecular flexibility index (Phi) is 4.18. The summed E-state index contributed by atoms with van der Waals surface area (Å²) in [5, 5.41) is 9.80. The highest BCUT2D eigenvalue weighted by Gasteiger charge is 2.21. The van der Waals surface area contributed by atoms with Crippen molar-refractivity contribution < 1.29 is 9.53 Å². The van der Waals surface area contributed by atoms with E-state index in [1.165, 1.54) is 18.4 Å². The SMILES string of the molecule is COC(=O)c1sc(-c2ccccc2)nc1-c1cccc(C#N)c1. The summed E-state index contributed by atoms with van der Waals surface area (Å²) < 4.78 is 4.87. The van der Waals surface area contributed by atoms with E-state index in [1.54, 1.807) is 18.2 Å². The second kappa shape index (κ2) is 6.42. The molecule has 23 heavy (non-hydrogen) atoms. The second-order valence-electron chi connectivity index (χ2n) is 4.75. The van der Waals surface area contributed by atoms with Gasteiger partial charge in [0.1, 0.15) is 9.88 Å². The maximum absolute atomic E-state index is 12.1. The molecule has 0 radical (unpaired) electrons. The van der Waals surface area contributed by atoms with Crippen molar-refractivity contribution in [3.8, 4) is 27.9 Å². The van der Waals surface area contributed by atoms with Gasteiger partial charge in [-0.25, -0.2) is 9.78 Å². The van der Waals surface area contributed by atoms with Crippen LogP contribution >= 0.6 is 11.3 Å². The summed E-state index contributed by atoms with van der Waals surface area (Å²) in [6.45, 7) is 0. The largest absolute Gasteiger partial charge is 0.465 e. The molecule has 4 nitrogen and oxygen atoms in total. The van der Waals surface area contributed by atoms with Crippen LogP contribution in [-0.4, -0.2) is 18.1 Å². The highest BCUT2D eigenvalue weighted by Crippen LogP contribution is 2.34. The summed E-state index contributed by atoms with van der Waals surface area (Å²) in [6.07, 6.45) is 0. The smallest absolute Gasteiger partial charge is 0.350 e. The molecule has 0 spiro atoms. The lowest BCUT2D eigenvalue weighted by Gasteiger charge is -2.01. The molecule has 1 heterocycles. The van der Waals surface area contributed by atoms with Crippen molar-refractivity contribution in [1.82, 2.24) is 4.98 Å². The third kappa shape index (κ3) is 2.98. The topological polar surface area (TPSA) is 63.0 Å². The summed E-state index contributed by atoms with van der Waals surface area (Å²) in [4.78, 5) is 17.1. The zero-order valence-corrected chi connectivity index (χ0v) is 13.1. The lowest BCUT2D eigenvalue weighted by molar-refractivity contribution is 0.0607. The van der Waals surface area contributed by atoms with Crippen molar-refractivity contribution in [1.29, 1.82) is 5.26 Å². The first-order valence-electron chi connectivity index (χ1n) is 6.88. The molecule has 0 amide bonds. The molecule has 0 N–H and O–H groups in total. The number of esters is 1. The van der Waals surface area contributed by atoms with Crippen LogP contribution in [0.3, 0.4) is 0 Å². The van der Waals surface area contributed by atoms with Gasteiger partial charge in [-0.3, -0.25) is 0 Å². The minimum Gasteiger partial charge on any atom is -0.465 e. The number of hydrogen-bond donors (Lipinski definition) is 0. The average molecular weight is 320 g/mol. The molecule has 0 atom stereocenters. The van der Waals surface area contributed by atoms with E-state index in [0.29, 0.717) is 16.1 Å². The summed E-state index contributed by atoms with van der Waals surface area (Å²) in [6, 6.07) is 18.8. The minimum atomic E-state index is -0.429. The Bertz CT molecular complexity index is 895. The second-order valence-corrected chi connectivity index (χ2v) is 5.75. The number of thiazole rings is 1. The Morgan fingerprint density at radius 3 is 2.57 bits per heavy atom. The Morgan fingerprint density at radius 1 is 1.13 bits per heavy atom. The van der Waals surface area contributed by atoms with Crippen molar-refractivity contribution in [3.05, 3.63) is 65.0 Å². The number of methoxy groups -OCH3 is 1. The normalized spacial score (nSPS) is 10.1. The molecule has 112 valence electrons. The molecule has 0 saturated heterocycles. The molecule has 0 unspecified atom stereocenters. The van der Waals surface area contributed by atoms with Gasteiger partial charge >= 0.3 is 5.97 Å². The van der Waals surface area contributed by atoms with Crippen LogP contribution in [0, 0.1) is 11.3 Å². The first-order valence-corrected chi connectivity index (χ1v) is 7.69. The van der Waals surface area contributed by atoms with E-state index in [1.807, 2.05) is 36.4 Å². The fourth-order valence-electron chi connectivity index (χ4n) is 2.19. The van der Waals surface area contributed by atoms with E-state index in [4.69, 9.17) is 10.00 Å². The van der Waals surface area contributed by atoms with E-state index in [0.717, 1.165) is 16.1 Å². The molecule has 3 aromatic rings. The first-order chi connectivity index (χ1) is 11.2. The summed E-state index contributed by atoms with van der Waals surface area (Å²) in [5.41, 5.74) is 2.72. The maximum Gasteiger partial charge on any atom is 0.350 e. The zero-order valence-electron chi connectivity index (χ0n) is 12.3. The van der Waals surface area contributed by atoms with Crippen LogP contribution in [0.5, 0.6) is 0 Å². The fourth-order valence-corrected chi connectivity index (χ4v) is 3.20. The lowest BCUT2D eigenvalue weighted by Crippen LogP contribution is -2.00. The van der Waals surface area contributed by atoms with Gasteiger partial charge in [0.25, 0.3) is 0 Å². The third-order valence-corrected chi connectivity index (χ3v) is 4.37. The quantitative estimate of drug-likeness (QED) is 0.681. The van der Waals surface area contributed by atoms with Gasteiger partial charge in [-0.15, -0.1) is 11.3 Å². The van der Waals surface area contributed by atoms with E-state index in [9.17, 15) is 4.79 Å². The van der Waals surface area contributed by atoms with Gasteiger partial charge < -0.3 is 4.74 Å². The van der Waals surface area contributed by atoms with Crippen LogP contribution in [0.25, 0.3) is 21.8 Å².